The third kappa shape index (κ3) is 8.34. The molecular weight excluding hydrogens is 310 g/mol. The Bertz CT molecular complexity index is 433. The zero-order chi connectivity index (χ0) is 17.0. The summed E-state index contributed by atoms with van der Waals surface area (Å²) in [7, 11) is 0. The molecule has 23 heavy (non-hydrogen) atoms. The number of thiophene rings is 1. The molecule has 0 radical (unpaired) electrons. The fourth-order valence-electron chi connectivity index (χ4n) is 1.97. The van der Waals surface area contributed by atoms with Gasteiger partial charge in [0.15, 0.2) is 5.96 Å². The summed E-state index contributed by atoms with van der Waals surface area (Å²) < 4.78 is 5.54. The van der Waals surface area contributed by atoms with Crippen LogP contribution in [0.15, 0.2) is 22.5 Å². The minimum atomic E-state index is -0.931. The average molecular weight is 342 g/mol. The van der Waals surface area contributed by atoms with E-state index in [0.717, 1.165) is 50.0 Å². The highest BCUT2D eigenvalue weighted by molar-refractivity contribution is 7.10. The van der Waals surface area contributed by atoms with E-state index < -0.39 is 5.60 Å². The monoisotopic (exact) mass is 341 g/mol. The topological polar surface area (TPSA) is 65.9 Å². The Balaban J connectivity index is 2.35. The van der Waals surface area contributed by atoms with Gasteiger partial charge in [0.1, 0.15) is 5.60 Å². The van der Waals surface area contributed by atoms with Crippen LogP contribution < -0.4 is 10.6 Å². The van der Waals surface area contributed by atoms with Crippen LogP contribution in [0.3, 0.4) is 0 Å². The Morgan fingerprint density at radius 2 is 2.09 bits per heavy atom. The van der Waals surface area contributed by atoms with E-state index >= 15 is 0 Å². The Kier molecular flexibility index (Phi) is 9.91. The second kappa shape index (κ2) is 11.4. The lowest BCUT2D eigenvalue weighted by molar-refractivity contribution is 0.0711. The molecule has 0 bridgehead atoms. The predicted octanol–water partition coefficient (Wildman–Crippen LogP) is 2.72. The molecule has 0 aliphatic carbocycles. The molecule has 0 amide bonds. The van der Waals surface area contributed by atoms with Crippen LogP contribution >= 0.6 is 11.3 Å². The van der Waals surface area contributed by atoms with E-state index in [9.17, 15) is 5.11 Å². The highest BCUT2D eigenvalue weighted by atomic mass is 32.1. The van der Waals surface area contributed by atoms with Gasteiger partial charge in [-0.25, -0.2) is 4.99 Å². The molecule has 132 valence electrons. The smallest absolute Gasteiger partial charge is 0.191 e. The lowest BCUT2D eigenvalue weighted by atomic mass is 10.1. The van der Waals surface area contributed by atoms with Crippen molar-refractivity contribution in [1.29, 1.82) is 0 Å². The van der Waals surface area contributed by atoms with Crippen molar-refractivity contribution < 1.29 is 9.84 Å². The minimum Gasteiger partial charge on any atom is -0.383 e. The quantitative estimate of drug-likeness (QED) is 0.329. The number of aliphatic imine (C=N–C) groups is 1. The van der Waals surface area contributed by atoms with Gasteiger partial charge in [-0.3, -0.25) is 0 Å². The van der Waals surface area contributed by atoms with E-state index in [2.05, 4.69) is 22.5 Å². The number of hydrogen-bond acceptors (Lipinski definition) is 4. The van der Waals surface area contributed by atoms with Crippen LogP contribution in [0, 0.1) is 0 Å². The molecule has 1 aromatic heterocycles. The number of hydrogen-bond donors (Lipinski definition) is 3. The molecule has 0 saturated heterocycles. The summed E-state index contributed by atoms with van der Waals surface area (Å²) in [5.41, 5.74) is -0.931. The first-order valence-electron chi connectivity index (χ1n) is 8.46. The van der Waals surface area contributed by atoms with Crippen LogP contribution in [0.1, 0.15) is 44.9 Å². The number of nitrogens with one attached hydrogen (secondary N) is 2. The van der Waals surface area contributed by atoms with Crippen molar-refractivity contribution in [2.45, 2.75) is 45.6 Å². The van der Waals surface area contributed by atoms with Crippen LogP contribution in [-0.2, 0) is 10.3 Å². The zero-order valence-corrected chi connectivity index (χ0v) is 15.4. The van der Waals surface area contributed by atoms with E-state index in [4.69, 9.17) is 4.74 Å². The first-order chi connectivity index (χ1) is 11.1. The molecule has 1 aromatic rings. The van der Waals surface area contributed by atoms with Gasteiger partial charge in [0, 0.05) is 31.2 Å². The summed E-state index contributed by atoms with van der Waals surface area (Å²) in [4.78, 5) is 5.43. The molecule has 0 spiro atoms. The van der Waals surface area contributed by atoms with E-state index in [-0.39, 0.29) is 0 Å². The van der Waals surface area contributed by atoms with Crippen LogP contribution in [0.2, 0.25) is 0 Å². The maximum Gasteiger partial charge on any atom is 0.191 e. The van der Waals surface area contributed by atoms with Gasteiger partial charge >= 0.3 is 0 Å². The average Bonchev–Trinajstić information content (AvgIpc) is 3.07. The van der Waals surface area contributed by atoms with Gasteiger partial charge in [-0.15, -0.1) is 11.3 Å². The van der Waals surface area contributed by atoms with Crippen molar-refractivity contribution in [3.05, 3.63) is 22.4 Å². The number of nitrogens with zero attached hydrogens (tertiary/aromatic N) is 1. The van der Waals surface area contributed by atoms with Crippen LogP contribution in [0.25, 0.3) is 0 Å². The number of rotatable bonds is 11. The van der Waals surface area contributed by atoms with Crippen LogP contribution in [0.5, 0.6) is 0 Å². The third-order valence-electron chi connectivity index (χ3n) is 3.34. The number of unbranched alkanes of at least 4 members (excludes halogenated alkanes) is 1. The van der Waals surface area contributed by atoms with Crippen molar-refractivity contribution in [2.24, 2.45) is 4.99 Å². The van der Waals surface area contributed by atoms with Gasteiger partial charge in [-0.2, -0.15) is 0 Å². The second-order valence-electron chi connectivity index (χ2n) is 5.69. The molecule has 0 aliphatic rings. The first-order valence-corrected chi connectivity index (χ1v) is 9.34. The molecule has 1 atom stereocenters. The van der Waals surface area contributed by atoms with E-state index in [1.807, 2.05) is 24.4 Å². The Hall–Kier alpha value is -1.11. The molecule has 1 rings (SSSR count). The van der Waals surface area contributed by atoms with Crippen molar-refractivity contribution in [1.82, 2.24) is 10.6 Å². The summed E-state index contributed by atoms with van der Waals surface area (Å²) in [5.74, 6) is 0.734. The molecule has 6 heteroatoms. The van der Waals surface area contributed by atoms with Crippen LogP contribution in [-0.4, -0.2) is 43.9 Å². The van der Waals surface area contributed by atoms with Gasteiger partial charge in [0.05, 0.1) is 6.54 Å². The highest BCUT2D eigenvalue weighted by Crippen LogP contribution is 2.25. The summed E-state index contributed by atoms with van der Waals surface area (Å²) in [6, 6.07) is 3.88. The maximum absolute atomic E-state index is 10.5. The van der Waals surface area contributed by atoms with Gasteiger partial charge in [-0.05, 0) is 38.1 Å². The number of guanidine groups is 1. The molecule has 1 heterocycles. The fraction of sp³-hybridized carbons (Fsp3) is 0.706. The normalized spacial score (nSPS) is 14.5. The Labute approximate surface area is 144 Å². The molecule has 5 nitrogen and oxygen atoms in total. The molecule has 1 unspecified atom stereocenters. The van der Waals surface area contributed by atoms with Gasteiger partial charge < -0.3 is 20.5 Å². The summed E-state index contributed by atoms with van der Waals surface area (Å²) in [6.07, 6.45) is 3.23. The van der Waals surface area contributed by atoms with E-state index in [1.165, 1.54) is 6.42 Å². The van der Waals surface area contributed by atoms with Crippen LogP contribution in [0.4, 0.5) is 0 Å². The van der Waals surface area contributed by atoms with Crippen molar-refractivity contribution in [3.8, 4) is 0 Å². The molecule has 0 fully saturated rings. The standard InChI is InChI=1S/C17H31N3O2S/c1-4-6-11-22-12-8-10-19-16(18-5-2)20-14-17(3,21)15-9-7-13-23-15/h7,9,13,21H,4-6,8,10-12,14H2,1-3H3,(H2,18,19,20). The number of aliphatic hydroxyl groups is 1. The Morgan fingerprint density at radius 3 is 2.74 bits per heavy atom. The third-order valence-corrected chi connectivity index (χ3v) is 4.46. The van der Waals surface area contributed by atoms with Crippen molar-refractivity contribution in [2.75, 3.05) is 32.8 Å². The van der Waals surface area contributed by atoms with Gasteiger partial charge in [0.25, 0.3) is 0 Å². The molecule has 0 aromatic carbocycles. The summed E-state index contributed by atoms with van der Waals surface area (Å²) in [5, 5.41) is 19.0. The summed E-state index contributed by atoms with van der Waals surface area (Å²) >= 11 is 1.55. The predicted molar refractivity (Wildman–Crippen MR) is 98.2 cm³/mol. The number of ether oxygens (including phenoxy) is 1. The molecule has 0 saturated carbocycles. The first kappa shape index (κ1) is 19.9. The fourth-order valence-corrected chi connectivity index (χ4v) is 2.75. The largest absolute Gasteiger partial charge is 0.383 e. The molecule has 0 aliphatic heterocycles. The summed E-state index contributed by atoms with van der Waals surface area (Å²) in [6.45, 7) is 9.52. The van der Waals surface area contributed by atoms with E-state index in [1.54, 1.807) is 18.3 Å². The lowest BCUT2D eigenvalue weighted by Crippen LogP contribution is -2.39. The second-order valence-corrected chi connectivity index (χ2v) is 6.64. The van der Waals surface area contributed by atoms with Gasteiger partial charge in [-0.1, -0.05) is 19.4 Å². The molecular formula is C17H31N3O2S. The van der Waals surface area contributed by atoms with Crippen molar-refractivity contribution in [3.63, 3.8) is 0 Å². The lowest BCUT2D eigenvalue weighted by Gasteiger charge is -2.20. The highest BCUT2D eigenvalue weighted by Gasteiger charge is 2.23. The minimum absolute atomic E-state index is 0.329. The van der Waals surface area contributed by atoms with E-state index in [0.29, 0.717) is 6.54 Å². The van der Waals surface area contributed by atoms with Gasteiger partial charge in [0.2, 0.25) is 0 Å². The SMILES string of the molecule is CCCCOCCCNC(=NCC(C)(O)c1cccs1)NCC. The maximum atomic E-state index is 10.5. The Morgan fingerprint density at radius 1 is 1.30 bits per heavy atom. The van der Waals surface area contributed by atoms with Crippen molar-refractivity contribution >= 4 is 17.3 Å². The zero-order valence-electron chi connectivity index (χ0n) is 14.6. The molecule has 3 N–H and O–H groups in total.